The molecule has 4 rings (SSSR count). The summed E-state index contributed by atoms with van der Waals surface area (Å²) >= 11 is 0. The number of nitrogens with one attached hydrogen (secondary N) is 2. The Hall–Kier alpha value is -3.28. The number of aromatic amines is 1. The first-order valence-corrected chi connectivity index (χ1v) is 7.98. The van der Waals surface area contributed by atoms with E-state index in [1.165, 1.54) is 6.07 Å². The third-order valence-corrected chi connectivity index (χ3v) is 4.09. The van der Waals surface area contributed by atoms with Crippen LogP contribution in [0.25, 0.3) is 10.9 Å². The molecule has 1 aliphatic rings. The number of fused-ring (bicyclic) bond motifs is 2. The molecule has 1 amide bonds. The third-order valence-electron chi connectivity index (χ3n) is 4.09. The van der Waals surface area contributed by atoms with Crippen molar-refractivity contribution < 1.29 is 14.3 Å². The van der Waals surface area contributed by atoms with Gasteiger partial charge in [-0.05, 0) is 23.8 Å². The number of hydrogen-bond donors (Lipinski definition) is 2. The minimum absolute atomic E-state index is 0.152. The van der Waals surface area contributed by atoms with E-state index in [2.05, 4.69) is 10.3 Å². The number of hydrogen-bond acceptors (Lipinski definition) is 4. The standard InChI is InChI=1S/C19H16N2O4/c22-18-9-12(13-5-1-2-6-14(13)21-18)10-20-19(23)17-11-24-15-7-3-4-8-16(15)25-17/h1-9,17H,10-11H2,(H,20,23)(H,21,22)/t17-/m1/s1. The van der Waals surface area contributed by atoms with Crippen LogP contribution in [0.1, 0.15) is 5.56 Å². The van der Waals surface area contributed by atoms with Crippen LogP contribution in [0.5, 0.6) is 11.5 Å². The minimum Gasteiger partial charge on any atom is -0.485 e. The van der Waals surface area contributed by atoms with Crippen LogP contribution in [0.15, 0.2) is 59.4 Å². The number of rotatable bonds is 3. The van der Waals surface area contributed by atoms with Crippen molar-refractivity contribution in [1.82, 2.24) is 10.3 Å². The van der Waals surface area contributed by atoms with Gasteiger partial charge in [0.25, 0.3) is 5.91 Å². The molecule has 0 saturated carbocycles. The van der Waals surface area contributed by atoms with E-state index in [1.807, 2.05) is 36.4 Å². The van der Waals surface area contributed by atoms with Crippen LogP contribution in [-0.4, -0.2) is 23.6 Å². The molecule has 126 valence electrons. The number of carbonyl (C=O) groups is 1. The Morgan fingerprint density at radius 2 is 1.88 bits per heavy atom. The van der Waals surface area contributed by atoms with Gasteiger partial charge in [0.15, 0.2) is 11.5 Å². The second-order valence-electron chi connectivity index (χ2n) is 5.79. The number of amides is 1. The summed E-state index contributed by atoms with van der Waals surface area (Å²) in [4.78, 5) is 27.0. The number of benzene rings is 2. The summed E-state index contributed by atoms with van der Waals surface area (Å²) in [5, 5.41) is 3.72. The number of aromatic nitrogens is 1. The molecule has 0 fully saturated rings. The topological polar surface area (TPSA) is 80.4 Å². The molecule has 3 aromatic rings. The molecule has 0 saturated heterocycles. The van der Waals surface area contributed by atoms with Gasteiger partial charge >= 0.3 is 0 Å². The Morgan fingerprint density at radius 1 is 1.12 bits per heavy atom. The van der Waals surface area contributed by atoms with Gasteiger partial charge in [-0.3, -0.25) is 9.59 Å². The fraction of sp³-hybridized carbons (Fsp3) is 0.158. The van der Waals surface area contributed by atoms with Crippen LogP contribution in [0.2, 0.25) is 0 Å². The molecule has 2 heterocycles. The molecule has 25 heavy (non-hydrogen) atoms. The minimum atomic E-state index is -0.719. The van der Waals surface area contributed by atoms with Crippen molar-refractivity contribution in [3.63, 3.8) is 0 Å². The molecular weight excluding hydrogens is 320 g/mol. The summed E-state index contributed by atoms with van der Waals surface area (Å²) < 4.78 is 11.2. The summed E-state index contributed by atoms with van der Waals surface area (Å²) in [6, 6.07) is 16.2. The number of H-pyrrole nitrogens is 1. The highest BCUT2D eigenvalue weighted by Crippen LogP contribution is 2.30. The van der Waals surface area contributed by atoms with Crippen molar-refractivity contribution in [2.24, 2.45) is 0 Å². The zero-order chi connectivity index (χ0) is 17.2. The van der Waals surface area contributed by atoms with E-state index in [0.29, 0.717) is 11.5 Å². The van der Waals surface area contributed by atoms with Gasteiger partial charge in [-0.25, -0.2) is 0 Å². The maximum absolute atomic E-state index is 12.4. The van der Waals surface area contributed by atoms with E-state index >= 15 is 0 Å². The second kappa shape index (κ2) is 6.32. The molecule has 1 aliphatic heterocycles. The zero-order valence-electron chi connectivity index (χ0n) is 13.3. The number of para-hydroxylation sites is 3. The predicted molar refractivity (Wildman–Crippen MR) is 92.8 cm³/mol. The molecule has 0 spiro atoms. The number of pyridine rings is 1. The summed E-state index contributed by atoms with van der Waals surface area (Å²) in [5.74, 6) is 0.904. The van der Waals surface area contributed by atoms with E-state index in [-0.39, 0.29) is 24.6 Å². The number of carbonyl (C=O) groups excluding carboxylic acids is 1. The molecule has 2 aromatic carbocycles. The van der Waals surface area contributed by atoms with Crippen molar-refractivity contribution in [3.05, 3.63) is 70.5 Å². The van der Waals surface area contributed by atoms with Gasteiger partial charge in [-0.2, -0.15) is 0 Å². The zero-order valence-corrected chi connectivity index (χ0v) is 13.3. The largest absolute Gasteiger partial charge is 0.485 e. The fourth-order valence-corrected chi connectivity index (χ4v) is 2.87. The smallest absolute Gasteiger partial charge is 0.264 e. The Labute approximate surface area is 143 Å². The monoisotopic (exact) mass is 336 g/mol. The normalized spacial score (nSPS) is 15.8. The Balaban J connectivity index is 1.49. The fourth-order valence-electron chi connectivity index (χ4n) is 2.87. The van der Waals surface area contributed by atoms with E-state index in [4.69, 9.17) is 9.47 Å². The molecule has 0 aliphatic carbocycles. The molecule has 6 nitrogen and oxygen atoms in total. The lowest BCUT2D eigenvalue weighted by Crippen LogP contribution is -2.43. The van der Waals surface area contributed by atoms with Crippen LogP contribution < -0.4 is 20.3 Å². The van der Waals surface area contributed by atoms with Crippen molar-refractivity contribution in [2.75, 3.05) is 6.61 Å². The molecule has 0 radical (unpaired) electrons. The first-order valence-electron chi connectivity index (χ1n) is 7.98. The molecule has 2 N–H and O–H groups in total. The summed E-state index contributed by atoms with van der Waals surface area (Å²) in [6.07, 6.45) is -0.719. The van der Waals surface area contributed by atoms with Gasteiger partial charge in [0.2, 0.25) is 11.7 Å². The number of ether oxygens (including phenoxy) is 2. The van der Waals surface area contributed by atoms with Gasteiger partial charge in [-0.1, -0.05) is 30.3 Å². The average molecular weight is 336 g/mol. The second-order valence-corrected chi connectivity index (χ2v) is 5.79. The van der Waals surface area contributed by atoms with Crippen LogP contribution in [-0.2, 0) is 11.3 Å². The van der Waals surface area contributed by atoms with Crippen molar-refractivity contribution >= 4 is 16.8 Å². The lowest BCUT2D eigenvalue weighted by molar-refractivity contribution is -0.130. The van der Waals surface area contributed by atoms with Crippen molar-refractivity contribution in [2.45, 2.75) is 12.6 Å². The first kappa shape index (κ1) is 15.3. The Kier molecular flexibility index (Phi) is 3.85. The molecule has 0 bridgehead atoms. The highest BCUT2D eigenvalue weighted by molar-refractivity contribution is 5.84. The van der Waals surface area contributed by atoms with E-state index in [9.17, 15) is 9.59 Å². The van der Waals surface area contributed by atoms with Crippen LogP contribution in [0.4, 0.5) is 0 Å². The van der Waals surface area contributed by atoms with Gasteiger partial charge in [0.1, 0.15) is 6.61 Å². The van der Waals surface area contributed by atoms with E-state index < -0.39 is 6.10 Å². The molecule has 6 heteroatoms. The SMILES string of the molecule is O=C(NCc1cc(=O)[nH]c2ccccc12)[C@H]1COc2ccccc2O1. The quantitative estimate of drug-likeness (QED) is 0.766. The lowest BCUT2D eigenvalue weighted by Gasteiger charge is -2.25. The van der Waals surface area contributed by atoms with Crippen molar-refractivity contribution in [1.29, 1.82) is 0 Å². The Morgan fingerprint density at radius 3 is 2.76 bits per heavy atom. The van der Waals surface area contributed by atoms with Gasteiger partial charge < -0.3 is 19.8 Å². The molecule has 0 unspecified atom stereocenters. The Bertz CT molecular complexity index is 996. The average Bonchev–Trinajstić information content (AvgIpc) is 2.65. The van der Waals surface area contributed by atoms with Gasteiger partial charge in [0, 0.05) is 23.5 Å². The van der Waals surface area contributed by atoms with Crippen molar-refractivity contribution in [3.8, 4) is 11.5 Å². The first-order chi connectivity index (χ1) is 12.2. The van der Waals surface area contributed by atoms with E-state index in [0.717, 1.165) is 16.5 Å². The predicted octanol–water partition coefficient (Wildman–Crippen LogP) is 1.98. The highest BCUT2D eigenvalue weighted by atomic mass is 16.6. The van der Waals surface area contributed by atoms with Crippen LogP contribution in [0, 0.1) is 0 Å². The van der Waals surface area contributed by atoms with Crippen LogP contribution >= 0.6 is 0 Å². The summed E-state index contributed by atoms with van der Waals surface area (Å²) in [7, 11) is 0. The molecular formula is C19H16N2O4. The maximum Gasteiger partial charge on any atom is 0.264 e. The molecule has 1 aromatic heterocycles. The summed E-state index contributed by atoms with van der Waals surface area (Å²) in [6.45, 7) is 0.393. The maximum atomic E-state index is 12.4. The highest BCUT2D eigenvalue weighted by Gasteiger charge is 2.27. The summed E-state index contributed by atoms with van der Waals surface area (Å²) in [5.41, 5.74) is 1.30. The third kappa shape index (κ3) is 3.06. The lowest BCUT2D eigenvalue weighted by atomic mass is 10.1. The van der Waals surface area contributed by atoms with Crippen LogP contribution in [0.3, 0.4) is 0 Å². The van der Waals surface area contributed by atoms with Gasteiger partial charge in [-0.15, -0.1) is 0 Å². The molecule has 1 atom stereocenters. The van der Waals surface area contributed by atoms with E-state index in [1.54, 1.807) is 12.1 Å². The van der Waals surface area contributed by atoms with Gasteiger partial charge in [0.05, 0.1) is 0 Å².